The molecule has 0 spiro atoms. The van der Waals surface area contributed by atoms with Crippen LogP contribution in [0.3, 0.4) is 0 Å². The van der Waals surface area contributed by atoms with Crippen LogP contribution in [-0.4, -0.2) is 49.8 Å². The number of thioether (sulfide) groups is 1. The van der Waals surface area contributed by atoms with Crippen LogP contribution in [0, 0.1) is 6.92 Å². The van der Waals surface area contributed by atoms with Gasteiger partial charge in [0.15, 0.2) is 0 Å². The van der Waals surface area contributed by atoms with Gasteiger partial charge in [-0.15, -0.1) is 0 Å². The van der Waals surface area contributed by atoms with Crippen molar-refractivity contribution in [2.24, 2.45) is 0 Å². The number of amides is 1. The number of carbonyl (C=O) groups is 1. The maximum atomic E-state index is 13.4. The lowest BCUT2D eigenvalue weighted by atomic mass is 10.2. The highest BCUT2D eigenvalue weighted by atomic mass is 32.2. The lowest BCUT2D eigenvalue weighted by molar-refractivity contribution is -0.123. The first-order valence-electron chi connectivity index (χ1n) is 10.5. The highest BCUT2D eigenvalue weighted by molar-refractivity contribution is 8.26. The third kappa shape index (κ3) is 4.26. The number of thiocarbonyl (C=S) groups is 1. The molecular weight excluding hydrogens is 432 g/mol. The van der Waals surface area contributed by atoms with Gasteiger partial charge >= 0.3 is 0 Å². The summed E-state index contributed by atoms with van der Waals surface area (Å²) in [6.07, 6.45) is 6.22. The van der Waals surface area contributed by atoms with Gasteiger partial charge in [-0.1, -0.05) is 37.0 Å². The summed E-state index contributed by atoms with van der Waals surface area (Å²) in [5.74, 6) is 0.298. The summed E-state index contributed by atoms with van der Waals surface area (Å²) in [4.78, 5) is 33.2. The second-order valence-corrected chi connectivity index (χ2v) is 9.56. The Morgan fingerprint density at radius 2 is 2.26 bits per heavy atom. The summed E-state index contributed by atoms with van der Waals surface area (Å²) >= 11 is 6.66. The van der Waals surface area contributed by atoms with Crippen molar-refractivity contribution in [1.29, 1.82) is 0 Å². The summed E-state index contributed by atoms with van der Waals surface area (Å²) in [5.41, 5.74) is 1.61. The zero-order valence-electron chi connectivity index (χ0n) is 17.9. The third-order valence-corrected chi connectivity index (χ3v) is 7.07. The maximum absolute atomic E-state index is 13.4. The van der Waals surface area contributed by atoms with Crippen molar-refractivity contribution < 1.29 is 9.53 Å². The number of nitrogens with one attached hydrogen (secondary N) is 1. The molecule has 2 aromatic rings. The Morgan fingerprint density at radius 3 is 2.97 bits per heavy atom. The zero-order chi connectivity index (χ0) is 22.1. The lowest BCUT2D eigenvalue weighted by Gasteiger charge is -2.21. The van der Waals surface area contributed by atoms with Gasteiger partial charge in [-0.2, -0.15) is 0 Å². The predicted molar refractivity (Wildman–Crippen MR) is 128 cm³/mol. The molecule has 0 aromatic carbocycles. The molecule has 0 saturated carbocycles. The van der Waals surface area contributed by atoms with Crippen LogP contribution in [0.2, 0.25) is 0 Å². The van der Waals surface area contributed by atoms with E-state index in [-0.39, 0.29) is 23.6 Å². The SMILES string of the molecule is CCC(C)N1C(=O)/C(=C/c2c(NCC3CCCO3)nc3c(C)cccn3c2=O)SC1=S. The minimum Gasteiger partial charge on any atom is -0.376 e. The number of anilines is 1. The second kappa shape index (κ2) is 9.10. The van der Waals surface area contributed by atoms with Gasteiger partial charge in [0.1, 0.15) is 15.8 Å². The molecule has 2 aliphatic heterocycles. The van der Waals surface area contributed by atoms with Gasteiger partial charge in [0.05, 0.1) is 16.6 Å². The molecule has 4 rings (SSSR count). The van der Waals surface area contributed by atoms with Gasteiger partial charge in [0, 0.05) is 25.4 Å². The van der Waals surface area contributed by atoms with Crippen molar-refractivity contribution in [2.75, 3.05) is 18.5 Å². The number of fused-ring (bicyclic) bond motifs is 1. The number of aromatic nitrogens is 2. The number of hydrogen-bond acceptors (Lipinski definition) is 7. The van der Waals surface area contributed by atoms with Gasteiger partial charge in [0.2, 0.25) is 0 Å². The van der Waals surface area contributed by atoms with E-state index >= 15 is 0 Å². The van der Waals surface area contributed by atoms with Crippen LogP contribution in [0.15, 0.2) is 28.0 Å². The van der Waals surface area contributed by atoms with Crippen LogP contribution in [0.4, 0.5) is 5.82 Å². The van der Waals surface area contributed by atoms with E-state index in [4.69, 9.17) is 21.9 Å². The Kier molecular flexibility index (Phi) is 6.45. The molecule has 2 unspecified atom stereocenters. The summed E-state index contributed by atoms with van der Waals surface area (Å²) < 4.78 is 7.74. The van der Waals surface area contributed by atoms with E-state index in [1.807, 2.05) is 32.9 Å². The van der Waals surface area contributed by atoms with Crippen molar-refractivity contribution >= 4 is 51.7 Å². The number of carbonyl (C=O) groups excluding carboxylic acids is 1. The third-order valence-electron chi connectivity index (χ3n) is 5.74. The molecule has 2 atom stereocenters. The molecule has 1 N–H and O–H groups in total. The number of aryl methyl sites for hydroxylation is 1. The fourth-order valence-electron chi connectivity index (χ4n) is 3.77. The minimum atomic E-state index is -0.225. The average molecular weight is 459 g/mol. The first kappa shape index (κ1) is 22.0. The van der Waals surface area contributed by atoms with Crippen molar-refractivity contribution in [1.82, 2.24) is 14.3 Å². The molecule has 2 aliphatic rings. The predicted octanol–water partition coefficient (Wildman–Crippen LogP) is 3.59. The van der Waals surface area contributed by atoms with E-state index in [9.17, 15) is 9.59 Å². The Balaban J connectivity index is 1.78. The largest absolute Gasteiger partial charge is 0.376 e. The van der Waals surface area contributed by atoms with Crippen LogP contribution in [0.1, 0.15) is 44.2 Å². The maximum Gasteiger partial charge on any atom is 0.267 e. The normalized spacial score (nSPS) is 21.5. The zero-order valence-corrected chi connectivity index (χ0v) is 19.5. The molecule has 9 heteroatoms. The lowest BCUT2D eigenvalue weighted by Crippen LogP contribution is -2.36. The molecule has 4 heterocycles. The number of rotatable bonds is 6. The number of pyridine rings is 1. The molecule has 0 radical (unpaired) electrons. The Hall–Kier alpha value is -2.23. The van der Waals surface area contributed by atoms with Gasteiger partial charge in [-0.3, -0.25) is 18.9 Å². The first-order chi connectivity index (χ1) is 14.9. The molecule has 7 nitrogen and oxygen atoms in total. The molecule has 2 aromatic heterocycles. The summed E-state index contributed by atoms with van der Waals surface area (Å²) in [6, 6.07) is 3.74. The van der Waals surface area contributed by atoms with Crippen LogP contribution in [0.5, 0.6) is 0 Å². The average Bonchev–Trinajstić information content (AvgIpc) is 3.37. The highest BCUT2D eigenvalue weighted by Crippen LogP contribution is 2.35. The standard InChI is InChI=1S/C22H26N4O3S2/c1-4-14(3)26-21(28)17(31-22(26)30)11-16-18(23-12-15-8-6-10-29-15)24-19-13(2)7-5-9-25(19)20(16)27/h5,7,9,11,14-15,23H,4,6,8,10,12H2,1-3H3/b17-11-. The Morgan fingerprint density at radius 1 is 1.45 bits per heavy atom. The van der Waals surface area contributed by atoms with E-state index in [0.29, 0.717) is 32.8 Å². The summed E-state index contributed by atoms with van der Waals surface area (Å²) in [7, 11) is 0. The van der Waals surface area contributed by atoms with Crippen molar-refractivity contribution in [3.05, 3.63) is 44.7 Å². The van der Waals surface area contributed by atoms with E-state index < -0.39 is 0 Å². The van der Waals surface area contributed by atoms with E-state index in [2.05, 4.69) is 5.32 Å². The molecule has 0 aliphatic carbocycles. The van der Waals surface area contributed by atoms with Crippen LogP contribution in [-0.2, 0) is 9.53 Å². The second-order valence-electron chi connectivity index (χ2n) is 7.89. The van der Waals surface area contributed by atoms with Crippen molar-refractivity contribution in [3.8, 4) is 0 Å². The Labute approximate surface area is 190 Å². The topological polar surface area (TPSA) is 75.9 Å². The summed E-state index contributed by atoms with van der Waals surface area (Å²) in [5, 5.41) is 3.30. The van der Waals surface area contributed by atoms with E-state index in [1.165, 1.54) is 16.2 Å². The molecular formula is C22H26N4O3S2. The smallest absolute Gasteiger partial charge is 0.267 e. The van der Waals surface area contributed by atoms with Crippen LogP contribution in [0.25, 0.3) is 11.7 Å². The molecule has 2 saturated heterocycles. The molecule has 2 fully saturated rings. The number of ether oxygens (including phenoxy) is 1. The van der Waals surface area contributed by atoms with E-state index in [0.717, 1.165) is 31.4 Å². The molecule has 1 amide bonds. The number of nitrogens with zero attached hydrogens (tertiary/aromatic N) is 3. The molecule has 31 heavy (non-hydrogen) atoms. The first-order valence-corrected chi connectivity index (χ1v) is 11.8. The highest BCUT2D eigenvalue weighted by Gasteiger charge is 2.35. The fraction of sp³-hybridized carbons (Fsp3) is 0.455. The Bertz CT molecular complexity index is 1120. The van der Waals surface area contributed by atoms with Gasteiger partial charge in [-0.05, 0) is 50.8 Å². The molecule has 164 valence electrons. The molecule has 0 bridgehead atoms. The van der Waals surface area contributed by atoms with Crippen LogP contribution < -0.4 is 10.9 Å². The minimum absolute atomic E-state index is 0.00832. The van der Waals surface area contributed by atoms with Gasteiger partial charge < -0.3 is 10.1 Å². The van der Waals surface area contributed by atoms with Gasteiger partial charge in [0.25, 0.3) is 11.5 Å². The summed E-state index contributed by atoms with van der Waals surface area (Å²) in [6.45, 7) is 7.22. The van der Waals surface area contributed by atoms with E-state index in [1.54, 1.807) is 17.2 Å². The number of hydrogen-bond donors (Lipinski definition) is 1. The van der Waals surface area contributed by atoms with Crippen molar-refractivity contribution in [2.45, 2.75) is 52.2 Å². The van der Waals surface area contributed by atoms with Crippen molar-refractivity contribution in [3.63, 3.8) is 0 Å². The van der Waals surface area contributed by atoms with Gasteiger partial charge in [-0.25, -0.2) is 4.98 Å². The fourth-order valence-corrected chi connectivity index (χ4v) is 5.21. The monoisotopic (exact) mass is 458 g/mol. The van der Waals surface area contributed by atoms with Crippen LogP contribution >= 0.6 is 24.0 Å². The quantitative estimate of drug-likeness (QED) is 0.524.